The van der Waals surface area contributed by atoms with Crippen LogP contribution in [0.1, 0.15) is 71.2 Å². The van der Waals surface area contributed by atoms with Gasteiger partial charge < -0.3 is 15.2 Å². The van der Waals surface area contributed by atoms with Gasteiger partial charge in [0.1, 0.15) is 0 Å². The first kappa shape index (κ1) is 29.5. The summed E-state index contributed by atoms with van der Waals surface area (Å²) < 4.78 is 35.2. The Morgan fingerprint density at radius 2 is 1.87 bits per heavy atom. The van der Waals surface area contributed by atoms with E-state index in [2.05, 4.69) is 25.6 Å². The van der Waals surface area contributed by atoms with Gasteiger partial charge in [0.05, 0.1) is 20.9 Å². The van der Waals surface area contributed by atoms with Gasteiger partial charge in [-0.25, -0.2) is 18.1 Å². The third kappa shape index (κ3) is 8.26. The number of hydrogen-bond donors (Lipinski definition) is 4. The number of ether oxygens (including phenoxy) is 1. The van der Waals surface area contributed by atoms with Crippen LogP contribution in [-0.2, 0) is 14.8 Å². The largest absolute Gasteiger partial charge is 0.356 e. The summed E-state index contributed by atoms with van der Waals surface area (Å²) in [4.78, 5) is 5.68. The normalized spacial score (nSPS) is 19.3. The lowest BCUT2D eigenvalue weighted by molar-refractivity contribution is -0.150. The zero-order valence-electron chi connectivity index (χ0n) is 23.0. The van der Waals surface area contributed by atoms with Crippen molar-refractivity contribution < 1.29 is 18.3 Å². The van der Waals surface area contributed by atoms with Crippen molar-refractivity contribution in [2.45, 2.75) is 95.2 Å². The fourth-order valence-corrected chi connectivity index (χ4v) is 7.46. The molecule has 0 amide bonds. The lowest BCUT2D eigenvalue weighted by atomic mass is 9.86. The van der Waals surface area contributed by atoms with Gasteiger partial charge in [0.15, 0.2) is 5.82 Å². The number of anilines is 2. The molecule has 2 heterocycles. The molecule has 12 heteroatoms. The van der Waals surface area contributed by atoms with Crippen molar-refractivity contribution in [3.8, 4) is 10.4 Å². The third-order valence-electron chi connectivity index (χ3n) is 6.20. The van der Waals surface area contributed by atoms with Crippen molar-refractivity contribution in [3.63, 3.8) is 0 Å². The average molecular weight is 575 g/mol. The Morgan fingerprint density at radius 1 is 1.13 bits per heavy atom. The molecule has 0 saturated heterocycles. The van der Waals surface area contributed by atoms with Crippen LogP contribution in [0.15, 0.2) is 47.6 Å². The number of aliphatic hydroxyl groups excluding tert-OH is 1. The maximum absolute atomic E-state index is 13.5. The lowest BCUT2D eigenvalue weighted by Crippen LogP contribution is -2.42. The molecule has 1 aliphatic carbocycles. The van der Waals surface area contributed by atoms with Crippen LogP contribution < -0.4 is 15.4 Å². The minimum Gasteiger partial charge on any atom is -0.356 e. The Labute approximate surface area is 234 Å². The number of sulfonamides is 1. The molecule has 0 spiro atoms. The summed E-state index contributed by atoms with van der Waals surface area (Å²) >= 11 is 1.53. The van der Waals surface area contributed by atoms with Crippen molar-refractivity contribution in [1.29, 1.82) is 0 Å². The van der Waals surface area contributed by atoms with Gasteiger partial charge in [0, 0.05) is 41.1 Å². The molecule has 212 valence electrons. The molecule has 1 aromatic carbocycles. The van der Waals surface area contributed by atoms with E-state index >= 15 is 0 Å². The quantitative estimate of drug-likeness (QED) is 0.253. The number of benzene rings is 1. The number of nitrogens with one attached hydrogen (secondary N) is 3. The van der Waals surface area contributed by atoms with E-state index in [1.165, 1.54) is 11.3 Å². The molecule has 3 aromatic rings. The molecule has 1 unspecified atom stereocenters. The zero-order chi connectivity index (χ0) is 28.2. The topological polar surface area (TPSA) is 138 Å². The summed E-state index contributed by atoms with van der Waals surface area (Å²) in [5, 5.41) is 25.2. The number of aromatic nitrogens is 3. The first-order chi connectivity index (χ1) is 18.4. The number of hydrogen-bond acceptors (Lipinski definition) is 10. The highest BCUT2D eigenvalue weighted by Gasteiger charge is 2.29. The Balaban J connectivity index is 1.55. The van der Waals surface area contributed by atoms with Crippen LogP contribution in [0.3, 0.4) is 0 Å². The predicted octanol–water partition coefficient (Wildman–Crippen LogP) is 4.74. The number of rotatable bonds is 10. The maximum Gasteiger partial charge on any atom is 0.241 e. The first-order valence-corrected chi connectivity index (χ1v) is 15.5. The van der Waals surface area contributed by atoms with E-state index < -0.39 is 22.0 Å². The minimum atomic E-state index is -3.85. The van der Waals surface area contributed by atoms with E-state index in [4.69, 9.17) is 9.72 Å². The van der Waals surface area contributed by atoms with Crippen molar-refractivity contribution in [3.05, 3.63) is 47.7 Å². The summed E-state index contributed by atoms with van der Waals surface area (Å²) in [6.45, 7) is 9.22. The van der Waals surface area contributed by atoms with Crippen LogP contribution in [-0.4, -0.2) is 52.8 Å². The van der Waals surface area contributed by atoms with Crippen LogP contribution in [0.25, 0.3) is 10.4 Å². The molecule has 1 fully saturated rings. The molecule has 0 aliphatic heterocycles. The molecule has 4 N–H and O–H groups in total. The fourth-order valence-electron chi connectivity index (χ4n) is 4.61. The molecular formula is C27H38N6O4S2. The monoisotopic (exact) mass is 574 g/mol. The van der Waals surface area contributed by atoms with Crippen LogP contribution in [0.4, 0.5) is 11.5 Å². The molecule has 2 aromatic heterocycles. The molecule has 10 nitrogen and oxygen atoms in total. The van der Waals surface area contributed by atoms with E-state index in [1.807, 2.05) is 46.8 Å². The van der Waals surface area contributed by atoms with E-state index in [0.717, 1.165) is 35.6 Å². The van der Waals surface area contributed by atoms with Gasteiger partial charge in [0.25, 0.3) is 0 Å². The van der Waals surface area contributed by atoms with Gasteiger partial charge in [-0.05, 0) is 84.6 Å². The highest BCUT2D eigenvalue weighted by Crippen LogP contribution is 2.40. The third-order valence-corrected chi connectivity index (χ3v) is 9.19. The number of nitrogens with zero attached hydrogens (tertiary/aromatic N) is 3. The molecule has 0 radical (unpaired) electrons. The summed E-state index contributed by atoms with van der Waals surface area (Å²) in [6, 6.07) is 8.97. The molecule has 0 bridgehead atoms. The van der Waals surface area contributed by atoms with Gasteiger partial charge in [-0.3, -0.25) is 5.32 Å². The molecule has 4 rings (SSSR count). The minimum absolute atomic E-state index is 0.0539. The fraction of sp³-hybridized carbons (Fsp3) is 0.519. The van der Waals surface area contributed by atoms with E-state index in [0.29, 0.717) is 17.1 Å². The van der Waals surface area contributed by atoms with Crippen molar-refractivity contribution in [2.24, 2.45) is 0 Å². The Morgan fingerprint density at radius 3 is 2.51 bits per heavy atom. The zero-order valence-corrected chi connectivity index (χ0v) is 24.6. The van der Waals surface area contributed by atoms with Crippen LogP contribution in [0, 0.1) is 0 Å². The maximum atomic E-state index is 13.5. The van der Waals surface area contributed by atoms with Crippen molar-refractivity contribution in [2.75, 3.05) is 5.32 Å². The molecule has 1 saturated carbocycles. The highest BCUT2D eigenvalue weighted by atomic mass is 32.2. The lowest BCUT2D eigenvalue weighted by Gasteiger charge is -2.30. The molecule has 1 aliphatic rings. The SMILES string of the molecule is CC(C)OC(O)NC1CCC(c2ncc(-c3ccc(Nc4cccnn4)cc3S(=O)(=O)NC(C)(C)C)s2)CC1. The Bertz CT molecular complexity index is 1330. The standard InChI is InChI=1S/C27H38N6O4S2/c1-17(2)37-26(34)31-19-10-8-18(9-11-19)25-28-16-22(38-25)21-13-12-20(30-24-7-6-14-29-32-24)15-23(21)39(35,36)33-27(3,4)5/h6-7,12-19,26,31,33-34H,8-11H2,1-5H3,(H,30,32). The molecular weight excluding hydrogens is 536 g/mol. The van der Waals surface area contributed by atoms with Gasteiger partial charge in [-0.2, -0.15) is 5.10 Å². The van der Waals surface area contributed by atoms with E-state index in [-0.39, 0.29) is 23.0 Å². The summed E-state index contributed by atoms with van der Waals surface area (Å²) in [5.74, 6) is 0.807. The second kappa shape index (κ2) is 12.4. The smallest absolute Gasteiger partial charge is 0.241 e. The van der Waals surface area contributed by atoms with Crippen LogP contribution in [0.2, 0.25) is 0 Å². The first-order valence-electron chi connectivity index (χ1n) is 13.2. The predicted molar refractivity (Wildman–Crippen MR) is 153 cm³/mol. The van der Waals surface area contributed by atoms with Gasteiger partial charge >= 0.3 is 0 Å². The molecule has 1 atom stereocenters. The van der Waals surface area contributed by atoms with Crippen molar-refractivity contribution in [1.82, 2.24) is 25.2 Å². The number of aliphatic hydroxyl groups is 1. The number of thiazole rings is 1. The second-order valence-electron chi connectivity index (χ2n) is 11.1. The van der Waals surface area contributed by atoms with Gasteiger partial charge in [-0.1, -0.05) is 6.07 Å². The average Bonchev–Trinajstić information content (AvgIpc) is 3.33. The van der Waals surface area contributed by atoms with E-state index in [9.17, 15) is 13.5 Å². The van der Waals surface area contributed by atoms with Crippen LogP contribution in [0.5, 0.6) is 0 Å². The second-order valence-corrected chi connectivity index (χ2v) is 13.8. The Hall–Kier alpha value is -2.48. The Kier molecular flexibility index (Phi) is 9.35. The van der Waals surface area contributed by atoms with Gasteiger partial charge in [0.2, 0.25) is 16.4 Å². The summed E-state index contributed by atoms with van der Waals surface area (Å²) in [7, 11) is -3.85. The molecule has 39 heavy (non-hydrogen) atoms. The summed E-state index contributed by atoms with van der Waals surface area (Å²) in [5.41, 5.74) is 0.543. The summed E-state index contributed by atoms with van der Waals surface area (Å²) in [6.07, 6.45) is 5.98. The van der Waals surface area contributed by atoms with E-state index in [1.54, 1.807) is 30.6 Å². The highest BCUT2D eigenvalue weighted by molar-refractivity contribution is 7.89. The van der Waals surface area contributed by atoms with Gasteiger partial charge in [-0.15, -0.1) is 16.4 Å². The van der Waals surface area contributed by atoms with Crippen molar-refractivity contribution >= 4 is 32.9 Å². The van der Waals surface area contributed by atoms with Crippen LogP contribution >= 0.6 is 11.3 Å².